The fourth-order valence-electron chi connectivity index (χ4n) is 2.56. The minimum absolute atomic E-state index is 0.240. The van der Waals surface area contributed by atoms with Gasteiger partial charge in [-0.1, -0.05) is 11.8 Å². The molecule has 3 rings (SSSR count). The van der Waals surface area contributed by atoms with E-state index in [4.69, 9.17) is 0 Å². The van der Waals surface area contributed by atoms with Gasteiger partial charge in [0.05, 0.1) is 5.69 Å². The molecule has 1 N–H and O–H groups in total. The van der Waals surface area contributed by atoms with Crippen molar-refractivity contribution in [1.29, 1.82) is 0 Å². The van der Waals surface area contributed by atoms with Crippen molar-refractivity contribution < 1.29 is 13.2 Å². The highest BCUT2D eigenvalue weighted by atomic mass is 32.2. The summed E-state index contributed by atoms with van der Waals surface area (Å²) in [7, 11) is 1.82. The Labute approximate surface area is 164 Å². The third-order valence-corrected chi connectivity index (χ3v) is 5.83. The van der Waals surface area contributed by atoms with Gasteiger partial charge in [0.15, 0.2) is 0 Å². The monoisotopic (exact) mass is 418 g/mol. The Morgan fingerprint density at radius 1 is 1.22 bits per heavy atom. The zero-order chi connectivity index (χ0) is 19.4. The van der Waals surface area contributed by atoms with Crippen LogP contribution in [0.25, 0.3) is 0 Å². The normalized spacial score (nSPS) is 15.2. The van der Waals surface area contributed by atoms with Crippen LogP contribution in [0, 0.1) is 6.92 Å². The number of pyridine rings is 1. The number of rotatable bonds is 6. The number of aromatic nitrogens is 4. The molecule has 0 bridgehead atoms. The minimum atomic E-state index is -4.29. The lowest BCUT2D eigenvalue weighted by molar-refractivity contribution is -0.115. The van der Waals surface area contributed by atoms with Gasteiger partial charge in [-0.2, -0.15) is 24.9 Å². The number of nitrogens with one attached hydrogen (secondary N) is 1. The predicted octanol–water partition coefficient (Wildman–Crippen LogP) is 3.34. The van der Waals surface area contributed by atoms with Crippen LogP contribution in [0.1, 0.15) is 11.5 Å². The molecule has 1 saturated heterocycles. The summed E-state index contributed by atoms with van der Waals surface area (Å²) >= 11 is 3.30. The molecule has 27 heavy (non-hydrogen) atoms. The van der Waals surface area contributed by atoms with Gasteiger partial charge < -0.3 is 10.2 Å². The summed E-state index contributed by atoms with van der Waals surface area (Å²) in [6.07, 6.45) is -4.29. The summed E-state index contributed by atoms with van der Waals surface area (Å²) in [6.45, 7) is 2.51. The first-order valence-electron chi connectivity index (χ1n) is 8.45. The zero-order valence-electron chi connectivity index (χ0n) is 15.1. The number of thioether (sulfide) groups is 2. The lowest BCUT2D eigenvalue weighted by Crippen LogP contribution is -2.32. The summed E-state index contributed by atoms with van der Waals surface area (Å²) in [5.41, 5.74) is 1.60. The number of hydrogen-bond acceptors (Lipinski definition) is 7. The van der Waals surface area contributed by atoms with E-state index in [0.717, 1.165) is 36.1 Å². The first kappa shape index (κ1) is 20.1. The van der Waals surface area contributed by atoms with Gasteiger partial charge in [-0.15, -0.1) is 5.10 Å². The van der Waals surface area contributed by atoms with Crippen LogP contribution in [0.4, 0.5) is 24.7 Å². The molecule has 0 aliphatic carbocycles. The van der Waals surface area contributed by atoms with Crippen molar-refractivity contribution in [1.82, 2.24) is 19.7 Å². The van der Waals surface area contributed by atoms with E-state index in [2.05, 4.69) is 25.3 Å². The molecule has 1 fully saturated rings. The molecular formula is C16H21F3N6S2. The Morgan fingerprint density at radius 3 is 2.59 bits per heavy atom. The van der Waals surface area contributed by atoms with Gasteiger partial charge in [-0.25, -0.2) is 9.97 Å². The third kappa shape index (κ3) is 5.93. The molecule has 6 nitrogen and oxygen atoms in total. The van der Waals surface area contributed by atoms with Crippen molar-refractivity contribution in [2.45, 2.75) is 24.0 Å². The number of anilines is 2. The molecule has 0 saturated carbocycles. The number of hydrogen-bond donors (Lipinski definition) is 1. The Morgan fingerprint density at radius 2 is 1.96 bits per heavy atom. The number of nitrogens with zero attached hydrogens (tertiary/aromatic N) is 5. The van der Waals surface area contributed by atoms with E-state index in [1.807, 2.05) is 31.8 Å². The molecule has 1 aliphatic rings. The molecular weight excluding hydrogens is 397 g/mol. The Balaban J connectivity index is 1.77. The lowest BCUT2D eigenvalue weighted by Gasteiger charge is -2.29. The van der Waals surface area contributed by atoms with E-state index < -0.39 is 12.7 Å². The molecule has 3 heterocycles. The maximum absolute atomic E-state index is 12.6. The Kier molecular flexibility index (Phi) is 6.40. The number of alkyl halides is 3. The van der Waals surface area contributed by atoms with Crippen LogP contribution in [0.15, 0.2) is 17.3 Å². The van der Waals surface area contributed by atoms with Crippen molar-refractivity contribution >= 4 is 35.0 Å². The molecule has 0 spiro atoms. The van der Waals surface area contributed by atoms with Crippen LogP contribution >= 0.6 is 23.5 Å². The van der Waals surface area contributed by atoms with Gasteiger partial charge in [0.2, 0.25) is 5.16 Å². The standard InChI is InChI=1S/C16H21F3N6S2/c1-11-21-15(23-24(11)2)27-9-12-7-13(25-3-5-26-6-4-25)8-14(22-12)20-10-16(17,18)19/h7-8H,3-6,9-10H2,1-2H3,(H,20,22). The maximum Gasteiger partial charge on any atom is 0.405 e. The van der Waals surface area contributed by atoms with E-state index in [0.29, 0.717) is 16.6 Å². The van der Waals surface area contributed by atoms with Crippen molar-refractivity contribution in [2.75, 3.05) is 41.4 Å². The van der Waals surface area contributed by atoms with Gasteiger partial charge in [0.25, 0.3) is 0 Å². The summed E-state index contributed by atoms with van der Waals surface area (Å²) in [4.78, 5) is 10.9. The highest BCUT2D eigenvalue weighted by Gasteiger charge is 2.27. The lowest BCUT2D eigenvalue weighted by atomic mass is 10.2. The maximum atomic E-state index is 12.6. The molecule has 2 aromatic rings. The van der Waals surface area contributed by atoms with Crippen LogP contribution in [0.2, 0.25) is 0 Å². The van der Waals surface area contributed by atoms with Crippen LogP contribution < -0.4 is 10.2 Å². The molecule has 0 radical (unpaired) electrons. The van der Waals surface area contributed by atoms with Gasteiger partial charge in [-0.05, 0) is 13.0 Å². The average Bonchev–Trinajstić information content (AvgIpc) is 2.96. The summed E-state index contributed by atoms with van der Waals surface area (Å²) in [6, 6.07) is 3.64. The smallest absolute Gasteiger partial charge is 0.370 e. The second-order valence-corrected chi connectivity index (χ2v) is 8.29. The fourth-order valence-corrected chi connectivity index (χ4v) is 4.27. The number of aryl methyl sites for hydroxylation is 2. The summed E-state index contributed by atoms with van der Waals surface area (Å²) in [5.74, 6) is 3.55. The fraction of sp³-hybridized carbons (Fsp3) is 0.562. The van der Waals surface area contributed by atoms with Crippen molar-refractivity contribution in [3.63, 3.8) is 0 Å². The van der Waals surface area contributed by atoms with E-state index in [1.54, 1.807) is 10.7 Å². The molecule has 0 aromatic carbocycles. The van der Waals surface area contributed by atoms with Gasteiger partial charge in [-0.3, -0.25) is 4.68 Å². The highest BCUT2D eigenvalue weighted by Crippen LogP contribution is 2.27. The highest BCUT2D eigenvalue weighted by molar-refractivity contribution is 7.99. The molecule has 148 valence electrons. The van der Waals surface area contributed by atoms with Crippen molar-refractivity contribution in [3.8, 4) is 0 Å². The van der Waals surface area contributed by atoms with E-state index >= 15 is 0 Å². The molecule has 0 amide bonds. The molecule has 1 aliphatic heterocycles. The largest absolute Gasteiger partial charge is 0.405 e. The average molecular weight is 419 g/mol. The van der Waals surface area contributed by atoms with Gasteiger partial charge in [0.1, 0.15) is 18.2 Å². The van der Waals surface area contributed by atoms with E-state index in [-0.39, 0.29) is 5.82 Å². The molecule has 11 heteroatoms. The SMILES string of the molecule is Cc1nc(SCc2cc(N3CCSCC3)cc(NCC(F)(F)F)n2)nn1C. The van der Waals surface area contributed by atoms with Gasteiger partial charge in [0, 0.05) is 49.1 Å². The van der Waals surface area contributed by atoms with Gasteiger partial charge >= 0.3 is 6.18 Å². The second-order valence-electron chi connectivity index (χ2n) is 6.12. The molecule has 2 aromatic heterocycles. The first-order valence-corrected chi connectivity index (χ1v) is 10.6. The van der Waals surface area contributed by atoms with Crippen molar-refractivity contribution in [2.24, 2.45) is 7.05 Å². The zero-order valence-corrected chi connectivity index (χ0v) is 16.7. The topological polar surface area (TPSA) is 58.9 Å². The van der Waals surface area contributed by atoms with Crippen LogP contribution in [0.5, 0.6) is 0 Å². The Hall–Kier alpha value is -1.62. The first-order chi connectivity index (χ1) is 12.8. The predicted molar refractivity (Wildman–Crippen MR) is 104 cm³/mol. The minimum Gasteiger partial charge on any atom is -0.370 e. The second kappa shape index (κ2) is 8.59. The molecule has 0 atom stereocenters. The van der Waals surface area contributed by atoms with Crippen LogP contribution in [0.3, 0.4) is 0 Å². The van der Waals surface area contributed by atoms with E-state index in [9.17, 15) is 13.2 Å². The summed E-state index contributed by atoms with van der Waals surface area (Å²) < 4.78 is 39.4. The third-order valence-electron chi connectivity index (χ3n) is 4.02. The van der Waals surface area contributed by atoms with E-state index in [1.165, 1.54) is 11.8 Å². The summed E-state index contributed by atoms with van der Waals surface area (Å²) in [5, 5.41) is 7.32. The quantitative estimate of drug-likeness (QED) is 0.722. The number of halogens is 3. The van der Waals surface area contributed by atoms with Crippen LogP contribution in [-0.4, -0.2) is 57.1 Å². The Bertz CT molecular complexity index is 755. The van der Waals surface area contributed by atoms with Crippen molar-refractivity contribution in [3.05, 3.63) is 23.7 Å². The van der Waals surface area contributed by atoms with Crippen LogP contribution in [-0.2, 0) is 12.8 Å². The molecule has 0 unspecified atom stereocenters.